The largest absolute Gasteiger partial charge is 0.355 e. The van der Waals surface area contributed by atoms with Gasteiger partial charge in [0, 0.05) is 44.1 Å². The lowest BCUT2D eigenvalue weighted by Crippen LogP contribution is -2.45. The molecule has 6 nitrogen and oxygen atoms in total. The second kappa shape index (κ2) is 10.3. The number of nitrogens with zero attached hydrogens (tertiary/aromatic N) is 4. The minimum Gasteiger partial charge on any atom is -0.355 e. The number of amides is 1. The summed E-state index contributed by atoms with van der Waals surface area (Å²) in [6.45, 7) is 9.29. The number of anilines is 1. The quantitative estimate of drug-likeness (QED) is 0.740. The smallest absolute Gasteiger partial charge is 0.225 e. The van der Waals surface area contributed by atoms with Crippen molar-refractivity contribution in [2.75, 3.05) is 44.2 Å². The maximum absolute atomic E-state index is 13.1. The zero-order valence-electron chi connectivity index (χ0n) is 17.3. The van der Waals surface area contributed by atoms with E-state index in [0.717, 1.165) is 50.1 Å². The van der Waals surface area contributed by atoms with E-state index in [1.165, 1.54) is 12.1 Å². The Hall–Kier alpha value is -2.54. The summed E-state index contributed by atoms with van der Waals surface area (Å²) < 4.78 is 13.1. The SMILES string of the molecule is CCN(CC)CCNC(=O)[C@H]1CCCN(c2ncc(-c3ccc(F)cc3)cn2)C1. The van der Waals surface area contributed by atoms with Crippen LogP contribution in [0.3, 0.4) is 0 Å². The summed E-state index contributed by atoms with van der Waals surface area (Å²) in [6.07, 6.45) is 5.34. The molecule has 3 rings (SSSR count). The van der Waals surface area contributed by atoms with Crippen LogP contribution in [0.2, 0.25) is 0 Å². The molecule has 0 bridgehead atoms. The molecule has 1 aliphatic rings. The van der Waals surface area contributed by atoms with Gasteiger partial charge < -0.3 is 15.1 Å². The summed E-state index contributed by atoms with van der Waals surface area (Å²) in [6, 6.07) is 6.29. The summed E-state index contributed by atoms with van der Waals surface area (Å²) in [7, 11) is 0. The van der Waals surface area contributed by atoms with Gasteiger partial charge in [-0.3, -0.25) is 4.79 Å². The number of carbonyl (C=O) groups is 1. The predicted octanol–water partition coefficient (Wildman–Crippen LogP) is 2.96. The maximum atomic E-state index is 13.1. The highest BCUT2D eigenvalue weighted by atomic mass is 19.1. The molecule has 1 aromatic carbocycles. The Kier molecular flexibility index (Phi) is 7.52. The molecule has 2 aromatic rings. The van der Waals surface area contributed by atoms with Crippen molar-refractivity contribution in [2.24, 2.45) is 5.92 Å². The van der Waals surface area contributed by atoms with Gasteiger partial charge in [-0.25, -0.2) is 14.4 Å². The number of carbonyl (C=O) groups excluding carboxylic acids is 1. The summed E-state index contributed by atoms with van der Waals surface area (Å²) in [5.41, 5.74) is 1.72. The van der Waals surface area contributed by atoms with Crippen molar-refractivity contribution in [3.05, 3.63) is 42.5 Å². The van der Waals surface area contributed by atoms with Gasteiger partial charge in [-0.2, -0.15) is 0 Å². The van der Waals surface area contributed by atoms with Crippen LogP contribution in [0.4, 0.5) is 10.3 Å². The molecular formula is C22H30FN5O. The topological polar surface area (TPSA) is 61.4 Å². The first-order valence-electron chi connectivity index (χ1n) is 10.4. The standard InChI is InChI=1S/C22H30FN5O/c1-3-27(4-2)13-11-24-21(29)18-6-5-12-28(16-18)22-25-14-19(15-26-22)17-7-9-20(23)10-8-17/h7-10,14-15,18H,3-6,11-13,16H2,1-2H3,(H,24,29)/t18-/m0/s1. The van der Waals surface area contributed by atoms with Crippen LogP contribution in [0.15, 0.2) is 36.7 Å². The van der Waals surface area contributed by atoms with Gasteiger partial charge in [-0.05, 0) is 43.6 Å². The second-order valence-corrected chi connectivity index (χ2v) is 7.38. The molecule has 0 saturated carbocycles. The Balaban J connectivity index is 1.56. The minimum absolute atomic E-state index is 0.0409. The molecule has 7 heteroatoms. The molecular weight excluding hydrogens is 369 g/mol. The molecule has 0 radical (unpaired) electrons. The fourth-order valence-corrected chi connectivity index (χ4v) is 3.67. The molecule has 1 aromatic heterocycles. The molecule has 1 atom stereocenters. The van der Waals surface area contributed by atoms with Gasteiger partial charge in [0.25, 0.3) is 0 Å². The highest BCUT2D eigenvalue weighted by Gasteiger charge is 2.27. The van der Waals surface area contributed by atoms with E-state index in [-0.39, 0.29) is 17.6 Å². The third-order valence-electron chi connectivity index (χ3n) is 5.51. The Morgan fingerprint density at radius 2 is 1.86 bits per heavy atom. The van der Waals surface area contributed by atoms with Crippen molar-refractivity contribution < 1.29 is 9.18 Å². The van der Waals surface area contributed by atoms with E-state index in [2.05, 4.69) is 38.9 Å². The molecule has 29 heavy (non-hydrogen) atoms. The summed E-state index contributed by atoms with van der Waals surface area (Å²) in [5, 5.41) is 3.08. The normalized spacial score (nSPS) is 16.8. The lowest BCUT2D eigenvalue weighted by Gasteiger charge is -2.32. The Labute approximate surface area is 172 Å². The van der Waals surface area contributed by atoms with Crippen molar-refractivity contribution in [2.45, 2.75) is 26.7 Å². The number of likely N-dealkylation sites (N-methyl/N-ethyl adjacent to an activating group) is 1. The number of nitrogens with one attached hydrogen (secondary N) is 1. The van der Waals surface area contributed by atoms with Crippen LogP contribution in [-0.4, -0.2) is 60.0 Å². The third kappa shape index (κ3) is 5.73. The van der Waals surface area contributed by atoms with E-state index in [1.54, 1.807) is 24.5 Å². The van der Waals surface area contributed by atoms with Crippen molar-refractivity contribution >= 4 is 11.9 Å². The van der Waals surface area contributed by atoms with E-state index in [9.17, 15) is 9.18 Å². The number of rotatable bonds is 8. The Morgan fingerprint density at radius 1 is 1.17 bits per heavy atom. The molecule has 0 spiro atoms. The first-order chi connectivity index (χ1) is 14.1. The first kappa shape index (κ1) is 21.2. The average Bonchev–Trinajstić information content (AvgIpc) is 2.77. The average molecular weight is 400 g/mol. The van der Waals surface area contributed by atoms with Crippen LogP contribution in [0.1, 0.15) is 26.7 Å². The molecule has 1 aliphatic heterocycles. The van der Waals surface area contributed by atoms with E-state index >= 15 is 0 Å². The highest BCUT2D eigenvalue weighted by Crippen LogP contribution is 2.23. The fraction of sp³-hybridized carbons (Fsp3) is 0.500. The summed E-state index contributed by atoms with van der Waals surface area (Å²) in [5.74, 6) is 0.447. The van der Waals surface area contributed by atoms with E-state index < -0.39 is 0 Å². The number of aromatic nitrogens is 2. The highest BCUT2D eigenvalue weighted by molar-refractivity contribution is 5.79. The molecule has 1 fully saturated rings. The van der Waals surface area contributed by atoms with Gasteiger partial charge in [0.2, 0.25) is 11.9 Å². The van der Waals surface area contributed by atoms with Crippen LogP contribution < -0.4 is 10.2 Å². The fourth-order valence-electron chi connectivity index (χ4n) is 3.67. The maximum Gasteiger partial charge on any atom is 0.225 e. The van der Waals surface area contributed by atoms with E-state index in [1.807, 2.05) is 0 Å². The van der Waals surface area contributed by atoms with Gasteiger partial charge in [0.15, 0.2) is 0 Å². The van der Waals surface area contributed by atoms with Crippen molar-refractivity contribution in [3.63, 3.8) is 0 Å². The van der Waals surface area contributed by atoms with Crippen molar-refractivity contribution in [1.82, 2.24) is 20.2 Å². The van der Waals surface area contributed by atoms with Gasteiger partial charge in [-0.15, -0.1) is 0 Å². The predicted molar refractivity (Wildman–Crippen MR) is 113 cm³/mol. The number of hydrogen-bond acceptors (Lipinski definition) is 5. The third-order valence-corrected chi connectivity index (χ3v) is 5.51. The molecule has 1 saturated heterocycles. The second-order valence-electron chi connectivity index (χ2n) is 7.38. The summed E-state index contributed by atoms with van der Waals surface area (Å²) in [4.78, 5) is 25.9. The lowest BCUT2D eigenvalue weighted by atomic mass is 9.97. The zero-order valence-corrected chi connectivity index (χ0v) is 17.3. The zero-order chi connectivity index (χ0) is 20.6. The minimum atomic E-state index is -0.263. The molecule has 2 heterocycles. The van der Waals surface area contributed by atoms with Crippen LogP contribution in [0, 0.1) is 11.7 Å². The number of piperidine rings is 1. The van der Waals surface area contributed by atoms with Crippen LogP contribution in [0.25, 0.3) is 11.1 Å². The number of halogens is 1. The van der Waals surface area contributed by atoms with Crippen molar-refractivity contribution in [3.8, 4) is 11.1 Å². The molecule has 0 aliphatic carbocycles. The van der Waals surface area contributed by atoms with Gasteiger partial charge in [-0.1, -0.05) is 26.0 Å². The molecule has 1 N–H and O–H groups in total. The van der Waals surface area contributed by atoms with Gasteiger partial charge >= 0.3 is 0 Å². The van der Waals surface area contributed by atoms with Gasteiger partial charge in [0.05, 0.1) is 5.92 Å². The monoisotopic (exact) mass is 399 g/mol. The number of benzene rings is 1. The lowest BCUT2D eigenvalue weighted by molar-refractivity contribution is -0.125. The Morgan fingerprint density at radius 3 is 2.52 bits per heavy atom. The van der Waals surface area contributed by atoms with Crippen LogP contribution in [0.5, 0.6) is 0 Å². The van der Waals surface area contributed by atoms with Crippen molar-refractivity contribution in [1.29, 1.82) is 0 Å². The molecule has 1 amide bonds. The van der Waals surface area contributed by atoms with E-state index in [4.69, 9.17) is 0 Å². The summed E-state index contributed by atoms with van der Waals surface area (Å²) >= 11 is 0. The van der Waals surface area contributed by atoms with Gasteiger partial charge in [0.1, 0.15) is 5.82 Å². The molecule has 156 valence electrons. The van der Waals surface area contributed by atoms with E-state index in [0.29, 0.717) is 19.0 Å². The van der Waals surface area contributed by atoms with Crippen LogP contribution >= 0.6 is 0 Å². The number of hydrogen-bond donors (Lipinski definition) is 1. The van der Waals surface area contributed by atoms with Crippen LogP contribution in [-0.2, 0) is 4.79 Å². The Bertz CT molecular complexity index is 777. The molecule has 0 unspecified atom stereocenters. The first-order valence-corrected chi connectivity index (χ1v) is 10.4.